The number of nitro benzene ring substituents is 1. The molecule has 0 N–H and O–H groups in total. The Labute approximate surface area is 133 Å². The molecule has 0 aliphatic heterocycles. The molecule has 5 nitrogen and oxygen atoms in total. The Morgan fingerprint density at radius 3 is 2.00 bits per heavy atom. The van der Waals surface area contributed by atoms with Crippen LogP contribution in [0.4, 0.5) is 23.2 Å². The van der Waals surface area contributed by atoms with Crippen LogP contribution in [-0.4, -0.2) is 18.1 Å². The minimum absolute atomic E-state index is 0.0683. The lowest BCUT2D eigenvalue weighted by Crippen LogP contribution is -2.08. The standard InChI is InChI=1S/C15H11F4NO4/c16-11-8-12(17)14(19)15(13(11)18)24-7-1-6-23-10-4-2-9(3-5-10)20(21)22/h2-5,8H,1,6-7H2. The molecule has 128 valence electrons. The van der Waals surface area contributed by atoms with Gasteiger partial charge in [-0.2, -0.15) is 8.78 Å². The van der Waals surface area contributed by atoms with Gasteiger partial charge in [-0.3, -0.25) is 10.1 Å². The summed E-state index contributed by atoms with van der Waals surface area (Å²) >= 11 is 0. The first-order valence-electron chi connectivity index (χ1n) is 6.73. The van der Waals surface area contributed by atoms with Gasteiger partial charge in [0, 0.05) is 24.6 Å². The second kappa shape index (κ2) is 7.62. The van der Waals surface area contributed by atoms with Crippen LogP contribution in [0.3, 0.4) is 0 Å². The van der Waals surface area contributed by atoms with Gasteiger partial charge in [0.1, 0.15) is 5.75 Å². The minimum atomic E-state index is -1.61. The first kappa shape index (κ1) is 17.5. The van der Waals surface area contributed by atoms with Gasteiger partial charge in [0.15, 0.2) is 17.4 Å². The molecule has 2 aromatic rings. The molecule has 0 saturated heterocycles. The summed E-state index contributed by atoms with van der Waals surface area (Å²) in [5.41, 5.74) is -0.0928. The second-order valence-electron chi connectivity index (χ2n) is 4.60. The molecular formula is C15H11F4NO4. The molecule has 0 bridgehead atoms. The maximum atomic E-state index is 13.3. The summed E-state index contributed by atoms with van der Waals surface area (Å²) in [6, 6.07) is 5.38. The van der Waals surface area contributed by atoms with E-state index in [1.165, 1.54) is 24.3 Å². The van der Waals surface area contributed by atoms with Crippen LogP contribution >= 0.6 is 0 Å². The van der Waals surface area contributed by atoms with E-state index in [4.69, 9.17) is 9.47 Å². The van der Waals surface area contributed by atoms with Gasteiger partial charge in [-0.15, -0.1) is 0 Å². The SMILES string of the molecule is O=[N+]([O-])c1ccc(OCCCOc2c(F)c(F)cc(F)c2F)cc1. The van der Waals surface area contributed by atoms with Crippen molar-refractivity contribution in [3.05, 3.63) is 63.7 Å². The van der Waals surface area contributed by atoms with E-state index >= 15 is 0 Å². The molecule has 0 spiro atoms. The Morgan fingerprint density at radius 1 is 0.917 bits per heavy atom. The lowest BCUT2D eigenvalue weighted by molar-refractivity contribution is -0.384. The van der Waals surface area contributed by atoms with E-state index in [0.717, 1.165) is 0 Å². The van der Waals surface area contributed by atoms with Gasteiger partial charge < -0.3 is 9.47 Å². The van der Waals surface area contributed by atoms with Crippen molar-refractivity contribution < 1.29 is 32.0 Å². The number of nitrogens with zero attached hydrogens (tertiary/aromatic N) is 1. The molecule has 0 aliphatic rings. The summed E-state index contributed by atoms with van der Waals surface area (Å²) in [6.45, 7) is -0.178. The third-order valence-corrected chi connectivity index (χ3v) is 2.92. The molecule has 0 aromatic heterocycles. The highest BCUT2D eigenvalue weighted by atomic mass is 19.2. The van der Waals surface area contributed by atoms with Gasteiger partial charge in [-0.1, -0.05) is 0 Å². The number of ether oxygens (including phenoxy) is 2. The zero-order valence-corrected chi connectivity index (χ0v) is 12.1. The number of nitro groups is 1. The lowest BCUT2D eigenvalue weighted by Gasteiger charge is -2.10. The van der Waals surface area contributed by atoms with Gasteiger partial charge in [0.2, 0.25) is 11.6 Å². The van der Waals surface area contributed by atoms with E-state index in [0.29, 0.717) is 5.75 Å². The van der Waals surface area contributed by atoms with Crippen molar-refractivity contribution in [2.45, 2.75) is 6.42 Å². The number of benzene rings is 2. The van der Waals surface area contributed by atoms with Gasteiger partial charge in [0.25, 0.3) is 5.69 Å². The van der Waals surface area contributed by atoms with Crippen LogP contribution in [0.25, 0.3) is 0 Å². The molecule has 9 heteroatoms. The summed E-state index contributed by atoms with van der Waals surface area (Å²) in [4.78, 5) is 9.93. The predicted molar refractivity (Wildman–Crippen MR) is 75.0 cm³/mol. The van der Waals surface area contributed by atoms with Gasteiger partial charge in [0.05, 0.1) is 18.1 Å². The first-order chi connectivity index (χ1) is 11.4. The van der Waals surface area contributed by atoms with Gasteiger partial charge in [-0.25, -0.2) is 8.78 Å². The normalized spacial score (nSPS) is 10.5. The molecule has 24 heavy (non-hydrogen) atoms. The van der Waals surface area contributed by atoms with Crippen LogP contribution in [0.2, 0.25) is 0 Å². The van der Waals surface area contributed by atoms with Gasteiger partial charge >= 0.3 is 0 Å². The summed E-state index contributed by atoms with van der Waals surface area (Å²) in [7, 11) is 0. The van der Waals surface area contributed by atoms with Crippen LogP contribution in [0.5, 0.6) is 11.5 Å². The Hall–Kier alpha value is -2.84. The Kier molecular flexibility index (Phi) is 5.56. The number of hydrogen-bond donors (Lipinski definition) is 0. The zero-order chi connectivity index (χ0) is 17.7. The Morgan fingerprint density at radius 2 is 1.46 bits per heavy atom. The second-order valence-corrected chi connectivity index (χ2v) is 4.60. The summed E-state index contributed by atoms with van der Waals surface area (Å²) < 4.78 is 62.6. The highest BCUT2D eigenvalue weighted by Gasteiger charge is 2.20. The smallest absolute Gasteiger partial charge is 0.269 e. The van der Waals surface area contributed by atoms with Crippen LogP contribution in [0, 0.1) is 33.4 Å². The van der Waals surface area contributed by atoms with E-state index in [9.17, 15) is 27.7 Å². The summed E-state index contributed by atoms with van der Waals surface area (Å²) in [6.07, 6.45) is 0.161. The number of rotatable bonds is 7. The fraction of sp³-hybridized carbons (Fsp3) is 0.200. The highest BCUT2D eigenvalue weighted by Crippen LogP contribution is 2.26. The van der Waals surface area contributed by atoms with Crippen molar-refractivity contribution in [3.63, 3.8) is 0 Å². The maximum absolute atomic E-state index is 13.3. The van der Waals surface area contributed by atoms with Crippen molar-refractivity contribution in [2.24, 2.45) is 0 Å². The molecule has 0 unspecified atom stereocenters. The molecule has 2 rings (SSSR count). The summed E-state index contributed by atoms with van der Waals surface area (Å²) in [5.74, 6) is -7.08. The maximum Gasteiger partial charge on any atom is 0.269 e. The zero-order valence-electron chi connectivity index (χ0n) is 12.1. The van der Waals surface area contributed by atoms with E-state index in [-0.39, 0.29) is 31.4 Å². The van der Waals surface area contributed by atoms with E-state index in [2.05, 4.69) is 0 Å². The average molecular weight is 345 g/mol. The van der Waals surface area contributed by atoms with Gasteiger partial charge in [-0.05, 0) is 12.1 Å². The molecule has 0 saturated carbocycles. The van der Waals surface area contributed by atoms with E-state index in [1.54, 1.807) is 0 Å². The first-order valence-corrected chi connectivity index (χ1v) is 6.73. The Balaban J connectivity index is 1.82. The fourth-order valence-corrected chi connectivity index (χ4v) is 1.77. The van der Waals surface area contributed by atoms with Crippen molar-refractivity contribution in [1.29, 1.82) is 0 Å². The largest absolute Gasteiger partial charge is 0.493 e. The predicted octanol–water partition coefficient (Wildman–Crippen LogP) is 4.00. The van der Waals surface area contributed by atoms with Crippen LogP contribution in [-0.2, 0) is 0 Å². The number of halogens is 4. The molecule has 0 radical (unpaired) electrons. The minimum Gasteiger partial charge on any atom is -0.493 e. The molecule has 0 fully saturated rings. The Bertz CT molecular complexity index is 711. The molecule has 0 aliphatic carbocycles. The monoisotopic (exact) mass is 345 g/mol. The van der Waals surface area contributed by atoms with Crippen LogP contribution < -0.4 is 9.47 Å². The van der Waals surface area contributed by atoms with Crippen molar-refractivity contribution in [3.8, 4) is 11.5 Å². The van der Waals surface area contributed by atoms with Crippen molar-refractivity contribution in [2.75, 3.05) is 13.2 Å². The average Bonchev–Trinajstić information content (AvgIpc) is 2.56. The van der Waals surface area contributed by atoms with Crippen LogP contribution in [0.1, 0.15) is 6.42 Å². The molecular weight excluding hydrogens is 334 g/mol. The molecule has 0 atom stereocenters. The third-order valence-electron chi connectivity index (χ3n) is 2.92. The molecule has 0 amide bonds. The summed E-state index contributed by atoms with van der Waals surface area (Å²) in [5, 5.41) is 10.5. The van der Waals surface area contributed by atoms with Crippen molar-refractivity contribution >= 4 is 5.69 Å². The van der Waals surface area contributed by atoms with Crippen LogP contribution in [0.15, 0.2) is 30.3 Å². The third kappa shape index (κ3) is 4.12. The van der Waals surface area contributed by atoms with Crippen molar-refractivity contribution in [1.82, 2.24) is 0 Å². The number of non-ortho nitro benzene ring substituents is 1. The molecule has 2 aromatic carbocycles. The molecule has 0 heterocycles. The number of hydrogen-bond acceptors (Lipinski definition) is 4. The highest BCUT2D eigenvalue weighted by molar-refractivity contribution is 5.36. The lowest BCUT2D eigenvalue weighted by atomic mass is 10.3. The fourth-order valence-electron chi connectivity index (χ4n) is 1.77. The van der Waals surface area contributed by atoms with E-state index < -0.39 is 33.9 Å². The topological polar surface area (TPSA) is 61.6 Å². The quantitative estimate of drug-likeness (QED) is 0.250. The van der Waals surface area contributed by atoms with E-state index in [1.807, 2.05) is 0 Å².